The second kappa shape index (κ2) is 8.37. The minimum atomic E-state index is -0.775. The maximum absolute atomic E-state index is 13.4. The van der Waals surface area contributed by atoms with Crippen molar-refractivity contribution in [2.45, 2.75) is 19.4 Å². The van der Waals surface area contributed by atoms with E-state index in [4.69, 9.17) is 4.74 Å². The van der Waals surface area contributed by atoms with Crippen LogP contribution in [0.25, 0.3) is 21.5 Å². The molecule has 0 fully saturated rings. The quantitative estimate of drug-likeness (QED) is 0.388. The number of methoxy groups -OCH3 is 1. The van der Waals surface area contributed by atoms with Crippen molar-refractivity contribution < 1.29 is 14.3 Å². The van der Waals surface area contributed by atoms with Crippen molar-refractivity contribution in [1.82, 2.24) is 5.32 Å². The molecule has 0 heterocycles. The number of carbonyl (C=O) groups excluding carboxylic acids is 2. The minimum absolute atomic E-state index is 0.287. The van der Waals surface area contributed by atoms with Crippen molar-refractivity contribution in [3.63, 3.8) is 0 Å². The zero-order chi connectivity index (χ0) is 21.1. The zero-order valence-electron chi connectivity index (χ0n) is 17.0. The molecule has 4 rings (SSSR count). The molecule has 0 saturated carbocycles. The van der Waals surface area contributed by atoms with Gasteiger partial charge in [-0.1, -0.05) is 78.4 Å². The van der Waals surface area contributed by atoms with Gasteiger partial charge in [-0.15, -0.1) is 0 Å². The van der Waals surface area contributed by atoms with E-state index < -0.39 is 12.0 Å². The van der Waals surface area contributed by atoms with Crippen LogP contribution in [0.2, 0.25) is 0 Å². The Morgan fingerprint density at radius 3 is 2.00 bits per heavy atom. The number of aryl methyl sites for hydroxylation is 1. The summed E-state index contributed by atoms with van der Waals surface area (Å²) in [6, 6.07) is 24.8. The summed E-state index contributed by atoms with van der Waals surface area (Å²) < 4.78 is 4.97. The molecule has 1 N–H and O–H groups in total. The van der Waals surface area contributed by atoms with Gasteiger partial charge in [-0.2, -0.15) is 0 Å². The SMILES string of the molecule is COC(=O)[C@@H](Cc1ccc(C)cc1)NC(=O)c1c2ccccc2cc2ccccc12. The van der Waals surface area contributed by atoms with Crippen LogP contribution in [-0.4, -0.2) is 25.0 Å². The van der Waals surface area contributed by atoms with E-state index in [-0.39, 0.29) is 5.91 Å². The number of rotatable bonds is 5. The van der Waals surface area contributed by atoms with Crippen LogP contribution in [0.15, 0.2) is 78.9 Å². The lowest BCUT2D eigenvalue weighted by Gasteiger charge is -2.18. The third kappa shape index (κ3) is 3.90. The molecule has 0 saturated heterocycles. The molecule has 0 unspecified atom stereocenters. The number of hydrogen-bond donors (Lipinski definition) is 1. The molecule has 0 aliphatic heterocycles. The monoisotopic (exact) mass is 397 g/mol. The molecule has 0 aliphatic carbocycles. The summed E-state index contributed by atoms with van der Waals surface area (Å²) in [5, 5.41) is 6.59. The van der Waals surface area contributed by atoms with Crippen molar-refractivity contribution in [1.29, 1.82) is 0 Å². The molecule has 4 heteroatoms. The Labute approximate surface area is 175 Å². The van der Waals surface area contributed by atoms with Gasteiger partial charge in [-0.3, -0.25) is 4.79 Å². The van der Waals surface area contributed by atoms with E-state index in [2.05, 4.69) is 11.4 Å². The predicted octanol–water partition coefficient (Wildman–Crippen LogP) is 4.82. The molecule has 4 nitrogen and oxygen atoms in total. The van der Waals surface area contributed by atoms with Gasteiger partial charge < -0.3 is 10.1 Å². The summed E-state index contributed by atoms with van der Waals surface area (Å²) in [7, 11) is 1.34. The molecule has 4 aromatic carbocycles. The first-order valence-corrected chi connectivity index (χ1v) is 9.91. The van der Waals surface area contributed by atoms with Gasteiger partial charge in [-0.25, -0.2) is 4.79 Å². The van der Waals surface area contributed by atoms with Gasteiger partial charge in [0.05, 0.1) is 12.7 Å². The maximum Gasteiger partial charge on any atom is 0.328 e. The summed E-state index contributed by atoms with van der Waals surface area (Å²) >= 11 is 0. The van der Waals surface area contributed by atoms with E-state index in [1.807, 2.05) is 79.7 Å². The molecule has 150 valence electrons. The minimum Gasteiger partial charge on any atom is -0.467 e. The Balaban J connectivity index is 1.74. The lowest BCUT2D eigenvalue weighted by Crippen LogP contribution is -2.43. The second-order valence-corrected chi connectivity index (χ2v) is 7.43. The van der Waals surface area contributed by atoms with E-state index in [1.165, 1.54) is 7.11 Å². The summed E-state index contributed by atoms with van der Waals surface area (Å²) in [6.45, 7) is 2.01. The molecule has 1 atom stereocenters. The second-order valence-electron chi connectivity index (χ2n) is 7.43. The van der Waals surface area contributed by atoms with Gasteiger partial charge in [0.25, 0.3) is 5.91 Å². The first-order chi connectivity index (χ1) is 14.6. The Hall–Kier alpha value is -3.66. The number of nitrogens with one attached hydrogen (secondary N) is 1. The lowest BCUT2D eigenvalue weighted by atomic mass is 9.95. The number of esters is 1. The smallest absolute Gasteiger partial charge is 0.328 e. The topological polar surface area (TPSA) is 55.4 Å². The summed E-state index contributed by atoms with van der Waals surface area (Å²) in [6.07, 6.45) is 0.362. The standard InChI is InChI=1S/C26H23NO3/c1-17-11-13-18(14-12-17)15-23(26(29)30-2)27-25(28)24-21-9-5-3-7-19(21)16-20-8-4-6-10-22(20)24/h3-14,16,23H,15H2,1-2H3,(H,27,28)/t23-/m1/s1. The number of carbonyl (C=O) groups is 2. The van der Waals surface area contributed by atoms with E-state index in [1.54, 1.807) is 0 Å². The highest BCUT2D eigenvalue weighted by Crippen LogP contribution is 2.28. The van der Waals surface area contributed by atoms with Gasteiger partial charge in [0.2, 0.25) is 0 Å². The fourth-order valence-electron chi connectivity index (χ4n) is 3.78. The molecule has 0 aromatic heterocycles. The van der Waals surface area contributed by atoms with Crippen LogP contribution < -0.4 is 5.32 Å². The molecule has 0 radical (unpaired) electrons. The van der Waals surface area contributed by atoms with Crippen LogP contribution >= 0.6 is 0 Å². The zero-order valence-corrected chi connectivity index (χ0v) is 17.0. The molecule has 0 spiro atoms. The highest BCUT2D eigenvalue weighted by Gasteiger charge is 2.24. The Morgan fingerprint density at radius 1 is 0.867 bits per heavy atom. The third-order valence-corrected chi connectivity index (χ3v) is 5.35. The largest absolute Gasteiger partial charge is 0.467 e. The van der Waals surface area contributed by atoms with Crippen LogP contribution in [-0.2, 0) is 16.0 Å². The summed E-state index contributed by atoms with van der Waals surface area (Å²) in [5.41, 5.74) is 2.67. The fourth-order valence-corrected chi connectivity index (χ4v) is 3.78. The average molecular weight is 397 g/mol. The Bertz CT molecular complexity index is 1170. The molecule has 4 aromatic rings. The van der Waals surface area contributed by atoms with Gasteiger partial charge in [0.15, 0.2) is 0 Å². The van der Waals surface area contributed by atoms with Crippen LogP contribution in [0.4, 0.5) is 0 Å². The molecular formula is C26H23NO3. The van der Waals surface area contributed by atoms with E-state index in [0.29, 0.717) is 12.0 Å². The van der Waals surface area contributed by atoms with Gasteiger partial charge in [0.1, 0.15) is 6.04 Å². The van der Waals surface area contributed by atoms with Gasteiger partial charge in [0, 0.05) is 6.42 Å². The number of ether oxygens (including phenoxy) is 1. The first-order valence-electron chi connectivity index (χ1n) is 9.91. The van der Waals surface area contributed by atoms with E-state index in [0.717, 1.165) is 32.7 Å². The third-order valence-electron chi connectivity index (χ3n) is 5.35. The van der Waals surface area contributed by atoms with Crippen LogP contribution in [0.3, 0.4) is 0 Å². The number of hydrogen-bond acceptors (Lipinski definition) is 3. The van der Waals surface area contributed by atoms with Crippen molar-refractivity contribution in [3.05, 3.63) is 95.6 Å². The molecule has 0 bridgehead atoms. The van der Waals surface area contributed by atoms with Crippen molar-refractivity contribution in [2.75, 3.05) is 7.11 Å². The predicted molar refractivity (Wildman–Crippen MR) is 120 cm³/mol. The fraction of sp³-hybridized carbons (Fsp3) is 0.154. The van der Waals surface area contributed by atoms with Crippen LogP contribution in [0.5, 0.6) is 0 Å². The number of amides is 1. The number of fused-ring (bicyclic) bond motifs is 2. The average Bonchev–Trinajstić information content (AvgIpc) is 2.77. The molecule has 1 amide bonds. The first kappa shape index (κ1) is 19.6. The maximum atomic E-state index is 13.4. The number of benzene rings is 4. The Morgan fingerprint density at radius 2 is 1.43 bits per heavy atom. The molecule has 30 heavy (non-hydrogen) atoms. The van der Waals surface area contributed by atoms with E-state index >= 15 is 0 Å². The van der Waals surface area contributed by atoms with Gasteiger partial charge in [-0.05, 0) is 40.1 Å². The van der Waals surface area contributed by atoms with E-state index in [9.17, 15) is 9.59 Å². The van der Waals surface area contributed by atoms with Crippen molar-refractivity contribution in [3.8, 4) is 0 Å². The van der Waals surface area contributed by atoms with Crippen LogP contribution in [0, 0.1) is 6.92 Å². The normalized spacial score (nSPS) is 11.9. The highest BCUT2D eigenvalue weighted by molar-refractivity contribution is 6.18. The highest BCUT2D eigenvalue weighted by atomic mass is 16.5. The molecule has 0 aliphatic rings. The summed E-state index contributed by atoms with van der Waals surface area (Å²) in [5.74, 6) is -0.751. The van der Waals surface area contributed by atoms with Crippen LogP contribution in [0.1, 0.15) is 21.5 Å². The Kier molecular flexibility index (Phi) is 5.48. The lowest BCUT2D eigenvalue weighted by molar-refractivity contribution is -0.142. The molecular weight excluding hydrogens is 374 g/mol. The summed E-state index contributed by atoms with van der Waals surface area (Å²) in [4.78, 5) is 25.9. The van der Waals surface area contributed by atoms with Gasteiger partial charge >= 0.3 is 5.97 Å². The van der Waals surface area contributed by atoms with Crippen molar-refractivity contribution in [2.24, 2.45) is 0 Å². The van der Waals surface area contributed by atoms with Crippen molar-refractivity contribution >= 4 is 33.4 Å².